The fraction of sp³-hybridized carbons (Fsp3) is 0.323. The molecule has 4 aromatic rings. The van der Waals surface area contributed by atoms with Crippen molar-refractivity contribution >= 4 is 22.8 Å². The number of amides is 1. The van der Waals surface area contributed by atoms with Gasteiger partial charge in [0.05, 0.1) is 23.6 Å². The SMILES string of the molecule is [C-]#[N+]/C(=C\C(C)(C)OCC)C(=O)N1CCC[C@H](n2nc(-c3ccc(Oc4ccccc4)cc3)c3c(N)ncnc32)C1. The molecular formula is C31H33N7O3. The van der Waals surface area contributed by atoms with Crippen molar-refractivity contribution in [3.05, 3.63) is 84.1 Å². The van der Waals surface area contributed by atoms with E-state index in [0.717, 1.165) is 24.2 Å². The highest BCUT2D eigenvalue weighted by atomic mass is 16.5. The molecule has 1 saturated heterocycles. The van der Waals surface area contributed by atoms with Gasteiger partial charge in [0.25, 0.3) is 5.91 Å². The smallest absolute Gasteiger partial charge is 0.252 e. The molecule has 1 amide bonds. The average Bonchev–Trinajstić information content (AvgIpc) is 3.38. The molecule has 1 aliphatic heterocycles. The number of para-hydroxylation sites is 1. The van der Waals surface area contributed by atoms with E-state index in [0.29, 0.717) is 48.0 Å². The fourth-order valence-electron chi connectivity index (χ4n) is 5.14. The van der Waals surface area contributed by atoms with E-state index < -0.39 is 5.60 Å². The van der Waals surface area contributed by atoms with Crippen LogP contribution >= 0.6 is 0 Å². The number of hydrogen-bond acceptors (Lipinski definition) is 7. The molecule has 5 rings (SSSR count). The molecule has 2 aromatic carbocycles. The molecule has 2 N–H and O–H groups in total. The summed E-state index contributed by atoms with van der Waals surface area (Å²) >= 11 is 0. The lowest BCUT2D eigenvalue weighted by molar-refractivity contribution is -0.128. The van der Waals surface area contributed by atoms with Gasteiger partial charge in [-0.15, -0.1) is 0 Å². The predicted octanol–water partition coefficient (Wildman–Crippen LogP) is 5.65. The highest BCUT2D eigenvalue weighted by Gasteiger charge is 2.31. The number of nitrogens with zero attached hydrogens (tertiary/aromatic N) is 6. The first-order chi connectivity index (χ1) is 19.8. The third-order valence-corrected chi connectivity index (χ3v) is 6.99. The molecule has 210 valence electrons. The molecule has 0 radical (unpaired) electrons. The Morgan fingerprint density at radius 2 is 1.88 bits per heavy atom. The Balaban J connectivity index is 1.43. The van der Waals surface area contributed by atoms with Crippen LogP contribution < -0.4 is 10.5 Å². The van der Waals surface area contributed by atoms with Crippen LogP contribution in [0.4, 0.5) is 5.82 Å². The third kappa shape index (κ3) is 6.05. The van der Waals surface area contributed by atoms with Crippen molar-refractivity contribution in [2.75, 3.05) is 25.4 Å². The van der Waals surface area contributed by atoms with Gasteiger partial charge in [-0.05, 0) is 76.1 Å². The molecular weight excluding hydrogens is 518 g/mol. The Morgan fingerprint density at radius 3 is 2.59 bits per heavy atom. The van der Waals surface area contributed by atoms with E-state index in [1.165, 1.54) is 6.33 Å². The van der Waals surface area contributed by atoms with Crippen molar-refractivity contribution in [1.29, 1.82) is 0 Å². The van der Waals surface area contributed by atoms with Gasteiger partial charge >= 0.3 is 0 Å². The maximum absolute atomic E-state index is 13.4. The van der Waals surface area contributed by atoms with Gasteiger partial charge in [-0.2, -0.15) is 5.10 Å². The summed E-state index contributed by atoms with van der Waals surface area (Å²) in [5, 5.41) is 5.62. The molecule has 10 nitrogen and oxygen atoms in total. The standard InChI is InChI=1S/C31H33N7O3/c1-5-40-31(2,3)18-25(33-4)30(39)37-17-9-10-22(19-37)38-29-26(28(32)34-20-35-29)27(36-38)21-13-15-24(16-14-21)41-23-11-7-6-8-12-23/h6-8,11-16,18,20,22H,5,9-10,17,19H2,1-3H3,(H2,32,34,35)/b25-18-/t22-/m0/s1. The minimum atomic E-state index is -0.720. The Kier molecular flexibility index (Phi) is 7.99. The summed E-state index contributed by atoms with van der Waals surface area (Å²) in [6.07, 6.45) is 4.60. The lowest BCUT2D eigenvalue weighted by Gasteiger charge is -2.33. The number of nitrogen functional groups attached to an aromatic ring is 1. The van der Waals surface area contributed by atoms with Crippen LogP contribution in [0.1, 0.15) is 39.7 Å². The molecule has 2 aromatic heterocycles. The lowest BCUT2D eigenvalue weighted by Crippen LogP contribution is -2.41. The Hall–Kier alpha value is -4.75. The van der Waals surface area contributed by atoms with Crippen molar-refractivity contribution in [3.8, 4) is 22.8 Å². The maximum atomic E-state index is 13.4. The number of rotatable bonds is 8. The Labute approximate surface area is 239 Å². The van der Waals surface area contributed by atoms with Gasteiger partial charge < -0.3 is 20.1 Å². The Bertz CT molecular complexity index is 1600. The molecule has 0 spiro atoms. The molecule has 3 heterocycles. The quantitative estimate of drug-likeness (QED) is 0.222. The normalized spacial score (nSPS) is 16.0. The first-order valence-corrected chi connectivity index (χ1v) is 13.6. The van der Waals surface area contributed by atoms with Crippen LogP contribution in [0, 0.1) is 6.57 Å². The second-order valence-corrected chi connectivity index (χ2v) is 10.4. The lowest BCUT2D eigenvalue weighted by atomic mass is 10.0. The zero-order chi connectivity index (χ0) is 29.0. The number of aromatic nitrogens is 4. The number of fused-ring (bicyclic) bond motifs is 1. The largest absolute Gasteiger partial charge is 0.457 e. The summed E-state index contributed by atoms with van der Waals surface area (Å²) in [5.41, 5.74) is 7.79. The topological polar surface area (TPSA) is 113 Å². The summed E-state index contributed by atoms with van der Waals surface area (Å²) in [6.45, 7) is 14.6. The van der Waals surface area contributed by atoms with Crippen LogP contribution in [0.3, 0.4) is 0 Å². The van der Waals surface area contributed by atoms with Crippen LogP contribution in [-0.4, -0.2) is 55.9 Å². The molecule has 0 unspecified atom stereocenters. The Morgan fingerprint density at radius 1 is 1.15 bits per heavy atom. The van der Waals surface area contributed by atoms with Gasteiger partial charge in [0.15, 0.2) is 5.65 Å². The highest BCUT2D eigenvalue weighted by Crippen LogP contribution is 2.35. The van der Waals surface area contributed by atoms with Crippen LogP contribution in [0.15, 0.2) is 72.7 Å². The van der Waals surface area contributed by atoms with Gasteiger partial charge in [-0.1, -0.05) is 18.2 Å². The number of benzene rings is 2. The number of likely N-dealkylation sites (tertiary alicyclic amines) is 1. The first-order valence-electron chi connectivity index (χ1n) is 13.6. The number of hydrogen-bond donors (Lipinski definition) is 1. The van der Waals surface area contributed by atoms with Gasteiger partial charge in [0.2, 0.25) is 5.70 Å². The van der Waals surface area contributed by atoms with E-state index in [1.54, 1.807) is 11.0 Å². The minimum absolute atomic E-state index is 0.0551. The van der Waals surface area contributed by atoms with Gasteiger partial charge in [-0.25, -0.2) is 19.5 Å². The summed E-state index contributed by atoms with van der Waals surface area (Å²) in [6, 6.07) is 17.1. The van der Waals surface area contributed by atoms with E-state index in [1.807, 2.05) is 80.1 Å². The average molecular weight is 552 g/mol. The second kappa shape index (κ2) is 11.8. The van der Waals surface area contributed by atoms with Crippen molar-refractivity contribution < 1.29 is 14.3 Å². The highest BCUT2D eigenvalue weighted by molar-refractivity contribution is 5.98. The fourth-order valence-corrected chi connectivity index (χ4v) is 5.14. The number of ether oxygens (including phenoxy) is 2. The zero-order valence-corrected chi connectivity index (χ0v) is 23.4. The number of carbonyl (C=O) groups is 1. The number of nitrogens with two attached hydrogens (primary N) is 1. The first kappa shape index (κ1) is 27.8. The van der Waals surface area contributed by atoms with Crippen molar-refractivity contribution in [3.63, 3.8) is 0 Å². The van der Waals surface area contributed by atoms with E-state index in [-0.39, 0.29) is 17.6 Å². The monoisotopic (exact) mass is 551 g/mol. The van der Waals surface area contributed by atoms with Crippen molar-refractivity contribution in [1.82, 2.24) is 24.6 Å². The summed E-state index contributed by atoms with van der Waals surface area (Å²) < 4.78 is 13.5. The predicted molar refractivity (Wildman–Crippen MR) is 157 cm³/mol. The second-order valence-electron chi connectivity index (χ2n) is 10.4. The van der Waals surface area contributed by atoms with Crippen LogP contribution in [-0.2, 0) is 9.53 Å². The summed E-state index contributed by atoms with van der Waals surface area (Å²) in [4.78, 5) is 27.4. The third-order valence-electron chi connectivity index (χ3n) is 6.99. The van der Waals surface area contributed by atoms with Crippen LogP contribution in [0.5, 0.6) is 11.5 Å². The molecule has 1 aliphatic rings. The zero-order valence-electron chi connectivity index (χ0n) is 23.4. The van der Waals surface area contributed by atoms with Gasteiger partial charge in [0, 0.05) is 25.3 Å². The number of carbonyl (C=O) groups excluding carboxylic acids is 1. The van der Waals surface area contributed by atoms with E-state index in [4.69, 9.17) is 26.9 Å². The molecule has 0 saturated carbocycles. The van der Waals surface area contributed by atoms with Crippen LogP contribution in [0.2, 0.25) is 0 Å². The van der Waals surface area contributed by atoms with E-state index in [9.17, 15) is 4.79 Å². The minimum Gasteiger partial charge on any atom is -0.457 e. The van der Waals surface area contributed by atoms with Crippen molar-refractivity contribution in [2.45, 2.75) is 45.3 Å². The molecule has 1 fully saturated rings. The summed E-state index contributed by atoms with van der Waals surface area (Å²) in [5.74, 6) is 1.48. The molecule has 41 heavy (non-hydrogen) atoms. The van der Waals surface area contributed by atoms with Crippen molar-refractivity contribution in [2.24, 2.45) is 0 Å². The van der Waals surface area contributed by atoms with Crippen LogP contribution in [0.25, 0.3) is 27.1 Å². The van der Waals surface area contributed by atoms with E-state index in [2.05, 4.69) is 14.8 Å². The van der Waals surface area contributed by atoms with Gasteiger partial charge in [0.1, 0.15) is 29.3 Å². The number of anilines is 1. The van der Waals surface area contributed by atoms with Gasteiger partial charge in [-0.3, -0.25) is 4.79 Å². The van der Waals surface area contributed by atoms with E-state index >= 15 is 0 Å². The summed E-state index contributed by atoms with van der Waals surface area (Å²) in [7, 11) is 0. The number of piperidine rings is 1. The molecule has 0 bridgehead atoms. The maximum Gasteiger partial charge on any atom is 0.252 e. The molecule has 10 heteroatoms. The molecule has 0 aliphatic carbocycles. The molecule has 1 atom stereocenters.